The number of hydrogen-bond donors (Lipinski definition) is 0. The Morgan fingerprint density at radius 2 is 1.71 bits per heavy atom. The number of carbonyl (C=O) groups is 1. The topological polar surface area (TPSA) is 62.5 Å². The Kier molecular flexibility index (Phi) is 4.94. The fourth-order valence-electron chi connectivity index (χ4n) is 2.79. The molecule has 0 spiro atoms. The van der Waals surface area contributed by atoms with Gasteiger partial charge in [0.15, 0.2) is 0 Å². The molecule has 1 aliphatic heterocycles. The predicted octanol–water partition coefficient (Wildman–Crippen LogP) is 2.46. The first kappa shape index (κ1) is 18.7. The molecule has 2 rings (SSSR count). The first-order valence-electron chi connectivity index (χ1n) is 7.84. The van der Waals surface area contributed by atoms with Crippen LogP contribution < -0.4 is 0 Å². The van der Waals surface area contributed by atoms with Gasteiger partial charge >= 0.3 is 18.0 Å². The molecule has 2 heterocycles. The Morgan fingerprint density at radius 3 is 2.12 bits per heavy atom. The van der Waals surface area contributed by atoms with E-state index in [1.807, 2.05) is 20.8 Å². The van der Waals surface area contributed by atoms with Crippen LogP contribution in [0.4, 0.5) is 13.2 Å². The van der Waals surface area contributed by atoms with Crippen LogP contribution in [0.5, 0.6) is 0 Å². The molecule has 24 heavy (non-hydrogen) atoms. The van der Waals surface area contributed by atoms with Crippen molar-refractivity contribution in [3.8, 4) is 0 Å². The highest BCUT2D eigenvalue weighted by atomic mass is 19.4. The standard InChI is InChI=1S/C15H23F3N4O2/c1-9-6-21(7-10(2)22(9)8-15(16,17)18)12(23)11-19-20-13(24-11)14(3,4)5/h9-10H,6-8H2,1-5H3/t9-,10+. The van der Waals surface area contributed by atoms with Gasteiger partial charge in [-0.3, -0.25) is 9.69 Å². The van der Waals surface area contributed by atoms with Gasteiger partial charge in [0, 0.05) is 30.6 Å². The van der Waals surface area contributed by atoms with Crippen LogP contribution in [0.2, 0.25) is 0 Å². The van der Waals surface area contributed by atoms with E-state index >= 15 is 0 Å². The molecule has 0 bridgehead atoms. The summed E-state index contributed by atoms with van der Waals surface area (Å²) in [4.78, 5) is 15.3. The third-order valence-corrected chi connectivity index (χ3v) is 4.00. The lowest BCUT2D eigenvalue weighted by Gasteiger charge is -2.44. The summed E-state index contributed by atoms with van der Waals surface area (Å²) in [5.74, 6) is -0.213. The maximum Gasteiger partial charge on any atom is 0.401 e. The van der Waals surface area contributed by atoms with E-state index in [1.165, 1.54) is 9.80 Å². The van der Waals surface area contributed by atoms with E-state index in [9.17, 15) is 18.0 Å². The van der Waals surface area contributed by atoms with E-state index in [2.05, 4.69) is 10.2 Å². The Balaban J connectivity index is 2.09. The van der Waals surface area contributed by atoms with Gasteiger partial charge in [-0.2, -0.15) is 13.2 Å². The summed E-state index contributed by atoms with van der Waals surface area (Å²) in [5, 5.41) is 7.67. The zero-order valence-electron chi connectivity index (χ0n) is 14.5. The summed E-state index contributed by atoms with van der Waals surface area (Å²) in [6.45, 7) is 8.40. The molecule has 1 aliphatic rings. The summed E-state index contributed by atoms with van der Waals surface area (Å²) >= 11 is 0. The van der Waals surface area contributed by atoms with E-state index in [1.54, 1.807) is 13.8 Å². The highest BCUT2D eigenvalue weighted by molar-refractivity contribution is 5.89. The molecule has 0 radical (unpaired) electrons. The second-order valence-corrected chi connectivity index (χ2v) is 7.36. The fourth-order valence-corrected chi connectivity index (χ4v) is 2.79. The van der Waals surface area contributed by atoms with Crippen LogP contribution in [0.15, 0.2) is 4.42 Å². The Hall–Kier alpha value is -1.64. The molecule has 6 nitrogen and oxygen atoms in total. The number of amides is 1. The first-order valence-corrected chi connectivity index (χ1v) is 7.84. The Morgan fingerprint density at radius 1 is 1.17 bits per heavy atom. The molecular weight excluding hydrogens is 325 g/mol. The zero-order valence-corrected chi connectivity index (χ0v) is 14.5. The molecule has 1 fully saturated rings. The summed E-state index contributed by atoms with van der Waals surface area (Å²) in [6, 6.07) is -0.825. The van der Waals surface area contributed by atoms with Crippen LogP contribution in [0.3, 0.4) is 0 Å². The van der Waals surface area contributed by atoms with Crippen molar-refractivity contribution in [1.82, 2.24) is 20.0 Å². The van der Waals surface area contributed by atoms with Crippen LogP contribution in [-0.2, 0) is 5.41 Å². The van der Waals surface area contributed by atoms with Crippen molar-refractivity contribution in [2.75, 3.05) is 19.6 Å². The molecule has 0 unspecified atom stereocenters. The van der Waals surface area contributed by atoms with Crippen molar-refractivity contribution in [3.05, 3.63) is 11.8 Å². The molecule has 1 saturated heterocycles. The molecule has 2 atom stereocenters. The highest BCUT2D eigenvalue weighted by Gasteiger charge is 2.40. The van der Waals surface area contributed by atoms with Crippen LogP contribution in [0, 0.1) is 0 Å². The van der Waals surface area contributed by atoms with E-state index < -0.39 is 30.7 Å². The van der Waals surface area contributed by atoms with E-state index in [0.29, 0.717) is 5.89 Å². The third-order valence-electron chi connectivity index (χ3n) is 4.00. The van der Waals surface area contributed by atoms with Gasteiger partial charge in [-0.05, 0) is 13.8 Å². The SMILES string of the molecule is C[C@@H]1CN(C(=O)c2nnc(C(C)(C)C)o2)C[C@H](C)N1CC(F)(F)F. The number of hydrogen-bond acceptors (Lipinski definition) is 5. The maximum absolute atomic E-state index is 12.7. The number of piperazine rings is 1. The van der Waals surface area contributed by atoms with Gasteiger partial charge in [-0.25, -0.2) is 0 Å². The van der Waals surface area contributed by atoms with Gasteiger partial charge in [0.2, 0.25) is 5.89 Å². The molecule has 0 saturated carbocycles. The molecular formula is C15H23F3N4O2. The van der Waals surface area contributed by atoms with Gasteiger partial charge in [-0.15, -0.1) is 10.2 Å². The summed E-state index contributed by atoms with van der Waals surface area (Å²) in [7, 11) is 0. The summed E-state index contributed by atoms with van der Waals surface area (Å²) in [6.07, 6.45) is -4.26. The van der Waals surface area contributed by atoms with E-state index in [0.717, 1.165) is 0 Å². The summed E-state index contributed by atoms with van der Waals surface area (Å²) in [5.41, 5.74) is -0.377. The van der Waals surface area contributed by atoms with Crippen molar-refractivity contribution < 1.29 is 22.4 Å². The highest BCUT2D eigenvalue weighted by Crippen LogP contribution is 2.25. The second-order valence-electron chi connectivity index (χ2n) is 7.36. The van der Waals surface area contributed by atoms with Crippen molar-refractivity contribution in [1.29, 1.82) is 0 Å². The number of halogens is 3. The van der Waals surface area contributed by atoms with Gasteiger partial charge in [0.1, 0.15) is 0 Å². The molecule has 1 aromatic rings. The molecule has 1 amide bonds. The number of aromatic nitrogens is 2. The van der Waals surface area contributed by atoms with Crippen molar-refractivity contribution in [3.63, 3.8) is 0 Å². The van der Waals surface area contributed by atoms with Crippen LogP contribution in [0.25, 0.3) is 0 Å². The van der Waals surface area contributed by atoms with Crippen LogP contribution in [0.1, 0.15) is 51.2 Å². The van der Waals surface area contributed by atoms with Gasteiger partial charge in [0.05, 0.1) is 6.54 Å². The quantitative estimate of drug-likeness (QED) is 0.822. The largest absolute Gasteiger partial charge is 0.416 e. The minimum absolute atomic E-state index is 0.122. The average molecular weight is 348 g/mol. The molecule has 9 heteroatoms. The number of nitrogens with zero attached hydrogens (tertiary/aromatic N) is 4. The van der Waals surface area contributed by atoms with Crippen molar-refractivity contribution >= 4 is 5.91 Å². The maximum atomic E-state index is 12.7. The molecule has 0 N–H and O–H groups in total. The lowest BCUT2D eigenvalue weighted by molar-refractivity contribution is -0.160. The second kappa shape index (κ2) is 6.34. The van der Waals surface area contributed by atoms with Crippen molar-refractivity contribution in [2.24, 2.45) is 0 Å². The molecule has 0 aromatic carbocycles. The Bertz CT molecular complexity index is 582. The lowest BCUT2D eigenvalue weighted by atomic mass is 9.97. The van der Waals surface area contributed by atoms with Crippen LogP contribution >= 0.6 is 0 Å². The van der Waals surface area contributed by atoms with E-state index in [-0.39, 0.29) is 24.4 Å². The minimum atomic E-state index is -4.26. The predicted molar refractivity (Wildman–Crippen MR) is 80.6 cm³/mol. The van der Waals surface area contributed by atoms with Crippen molar-refractivity contribution in [2.45, 2.75) is 58.3 Å². The zero-order chi connectivity index (χ0) is 18.3. The van der Waals surface area contributed by atoms with Crippen LogP contribution in [-0.4, -0.2) is 63.8 Å². The Labute approximate surface area is 139 Å². The molecule has 136 valence electrons. The monoisotopic (exact) mass is 348 g/mol. The lowest BCUT2D eigenvalue weighted by Crippen LogP contribution is -2.59. The number of alkyl halides is 3. The van der Waals surface area contributed by atoms with Gasteiger partial charge in [-0.1, -0.05) is 20.8 Å². The molecule has 1 aromatic heterocycles. The number of rotatable bonds is 2. The fraction of sp³-hybridized carbons (Fsp3) is 0.800. The van der Waals surface area contributed by atoms with E-state index in [4.69, 9.17) is 4.42 Å². The normalized spacial score (nSPS) is 23.6. The smallest absolute Gasteiger partial charge is 0.401 e. The average Bonchev–Trinajstić information content (AvgIpc) is 2.90. The minimum Gasteiger partial charge on any atom is -0.416 e. The summed E-state index contributed by atoms with van der Waals surface area (Å²) < 4.78 is 43.4. The third kappa shape index (κ3) is 4.25. The number of carbonyl (C=O) groups excluding carboxylic acids is 1. The van der Waals surface area contributed by atoms with Gasteiger partial charge < -0.3 is 9.32 Å². The first-order chi connectivity index (χ1) is 10.9. The van der Waals surface area contributed by atoms with Gasteiger partial charge in [0.25, 0.3) is 0 Å². The molecule has 0 aliphatic carbocycles.